The summed E-state index contributed by atoms with van der Waals surface area (Å²) in [5, 5.41) is 2.78. The lowest BCUT2D eigenvalue weighted by Crippen LogP contribution is -2.56. The maximum atomic E-state index is 15.8. The van der Waals surface area contributed by atoms with E-state index < -0.39 is 59.6 Å². The minimum atomic E-state index is -3.32. The Labute approximate surface area is 244 Å². The van der Waals surface area contributed by atoms with Crippen LogP contribution in [0, 0.1) is 17.3 Å². The first-order chi connectivity index (χ1) is 19.9. The number of fused-ring (bicyclic) bond motifs is 5. The predicted molar refractivity (Wildman–Crippen MR) is 151 cm³/mol. The van der Waals surface area contributed by atoms with Crippen LogP contribution in [0.4, 0.5) is 13.6 Å². The predicted octanol–water partition coefficient (Wildman–Crippen LogP) is 5.40. The zero-order valence-corrected chi connectivity index (χ0v) is 24.6. The number of carbonyl (C=O) groups excluding carboxylic acids is 3. The lowest BCUT2D eigenvalue weighted by atomic mass is 9.85. The molecule has 228 valence electrons. The normalized spacial score (nSPS) is 30.8. The van der Waals surface area contributed by atoms with Crippen molar-refractivity contribution in [2.45, 2.75) is 103 Å². The van der Waals surface area contributed by atoms with Gasteiger partial charge in [-0.25, -0.2) is 14.8 Å². The highest BCUT2D eigenvalue weighted by Crippen LogP contribution is 2.41. The largest absolute Gasteiger partial charge is 0.471 e. The molecule has 1 aromatic heterocycles. The van der Waals surface area contributed by atoms with E-state index in [0.29, 0.717) is 36.6 Å². The van der Waals surface area contributed by atoms with Crippen molar-refractivity contribution in [1.29, 1.82) is 0 Å². The van der Waals surface area contributed by atoms with Gasteiger partial charge in [0.25, 0.3) is 5.92 Å². The van der Waals surface area contributed by atoms with Gasteiger partial charge in [-0.05, 0) is 55.6 Å². The summed E-state index contributed by atoms with van der Waals surface area (Å²) >= 11 is 0. The van der Waals surface area contributed by atoms with Gasteiger partial charge in [-0.1, -0.05) is 46.2 Å². The molecule has 1 aliphatic carbocycles. The van der Waals surface area contributed by atoms with Crippen LogP contribution in [0.15, 0.2) is 24.3 Å². The molecule has 2 bridgehead atoms. The molecule has 3 aliphatic rings. The van der Waals surface area contributed by atoms with Crippen LogP contribution in [-0.2, 0) is 20.2 Å². The van der Waals surface area contributed by atoms with E-state index >= 15 is 8.78 Å². The number of hydrogen-bond acceptors (Lipinski definition) is 7. The van der Waals surface area contributed by atoms with Gasteiger partial charge < -0.3 is 24.5 Å². The van der Waals surface area contributed by atoms with Gasteiger partial charge in [0.05, 0.1) is 23.6 Å². The summed E-state index contributed by atoms with van der Waals surface area (Å²) in [5.41, 5.74) is -0.509. The fourth-order valence-corrected chi connectivity index (χ4v) is 6.48. The fraction of sp³-hybridized carbons (Fsp3) is 0.645. The Bertz CT molecular complexity index is 1330. The zero-order valence-electron chi connectivity index (χ0n) is 24.6. The van der Waals surface area contributed by atoms with E-state index in [-0.39, 0.29) is 30.9 Å². The van der Waals surface area contributed by atoms with Gasteiger partial charge in [0.15, 0.2) is 5.69 Å². The second-order valence-corrected chi connectivity index (χ2v) is 13.0. The highest BCUT2D eigenvalue weighted by atomic mass is 19.3. The molecule has 1 saturated heterocycles. The molecule has 2 amide bonds. The molecule has 2 aliphatic heterocycles. The Balaban J connectivity index is 1.54. The van der Waals surface area contributed by atoms with Crippen molar-refractivity contribution >= 4 is 29.3 Å². The number of alkyl carbamates (subject to hydrolysis) is 1. The first-order valence-electron chi connectivity index (χ1n) is 14.9. The molecule has 11 heteroatoms. The van der Waals surface area contributed by atoms with Crippen molar-refractivity contribution in [3.05, 3.63) is 30.0 Å². The number of nitrogens with zero attached hydrogens (tertiary/aromatic N) is 3. The average molecular weight is 587 g/mol. The molecule has 3 heterocycles. The molecule has 1 N–H and O–H groups in total. The summed E-state index contributed by atoms with van der Waals surface area (Å²) in [6, 6.07) is 4.89. The molecule has 0 spiro atoms. The van der Waals surface area contributed by atoms with E-state index in [9.17, 15) is 14.4 Å². The van der Waals surface area contributed by atoms with Crippen LogP contribution in [-0.4, -0.2) is 64.0 Å². The number of ether oxygens (including phenoxy) is 2. The van der Waals surface area contributed by atoms with Gasteiger partial charge in [0.1, 0.15) is 24.5 Å². The van der Waals surface area contributed by atoms with Crippen LogP contribution in [0.3, 0.4) is 0 Å². The van der Waals surface area contributed by atoms with Crippen LogP contribution in [0.25, 0.3) is 11.0 Å². The summed E-state index contributed by atoms with van der Waals surface area (Å²) in [6.45, 7) is 7.16. The molecule has 42 heavy (non-hydrogen) atoms. The van der Waals surface area contributed by atoms with Gasteiger partial charge in [-0.3, -0.25) is 4.79 Å². The average Bonchev–Trinajstić information content (AvgIpc) is 3.50. The summed E-state index contributed by atoms with van der Waals surface area (Å²) < 4.78 is 43.6. The number of rotatable bonds is 1. The van der Waals surface area contributed by atoms with Gasteiger partial charge in [0.2, 0.25) is 11.8 Å². The first kappa shape index (κ1) is 30.1. The molecule has 9 nitrogen and oxygen atoms in total. The smallest absolute Gasteiger partial charge is 0.408 e. The summed E-state index contributed by atoms with van der Waals surface area (Å²) in [5.74, 6) is -4.54. The van der Waals surface area contributed by atoms with E-state index in [1.54, 1.807) is 31.2 Å². The van der Waals surface area contributed by atoms with E-state index in [1.807, 2.05) is 20.8 Å². The third-order valence-electron chi connectivity index (χ3n) is 8.97. The number of benzene rings is 1. The minimum absolute atomic E-state index is 0.0447. The number of amides is 2. The van der Waals surface area contributed by atoms with Crippen LogP contribution in [0.1, 0.15) is 78.3 Å². The van der Waals surface area contributed by atoms with E-state index in [1.165, 1.54) is 4.90 Å². The van der Waals surface area contributed by atoms with Crippen LogP contribution in [0.2, 0.25) is 0 Å². The van der Waals surface area contributed by atoms with Crippen molar-refractivity contribution in [3.8, 4) is 5.88 Å². The molecule has 6 atom stereocenters. The molecule has 2 fully saturated rings. The van der Waals surface area contributed by atoms with Gasteiger partial charge >= 0.3 is 6.09 Å². The molecule has 1 aromatic carbocycles. The van der Waals surface area contributed by atoms with Crippen molar-refractivity contribution in [2.75, 3.05) is 6.54 Å². The maximum absolute atomic E-state index is 15.8. The van der Waals surface area contributed by atoms with E-state index in [2.05, 4.69) is 15.3 Å². The Kier molecular flexibility index (Phi) is 8.40. The number of aromatic nitrogens is 2. The number of halogens is 2. The van der Waals surface area contributed by atoms with Gasteiger partial charge in [0, 0.05) is 12.3 Å². The SMILES string of the molecule is C[C@@H]1[C@@H]2CN(C(=O)[C@H](C(C)(C)C)NC(=O)O[C@@H]3CCC[C@H]3CCCCC(F)(F)c3nc4ccccc4nc3O2)[C@@H]1C=O. The summed E-state index contributed by atoms with van der Waals surface area (Å²) in [7, 11) is 0. The van der Waals surface area contributed by atoms with Gasteiger partial charge in [-0.15, -0.1) is 0 Å². The highest BCUT2D eigenvalue weighted by Gasteiger charge is 2.48. The standard InChI is InChI=1S/C31H40F2N4O5/c1-18-22(17-38)37-16-24(18)41-27-25(34-20-12-5-6-13-21(20)35-27)31(32,33)15-8-7-10-19-11-9-14-23(19)42-29(40)36-26(28(37)39)30(2,3)4/h5-6,12-13,17-19,22-24,26H,7-11,14-16H2,1-4H3,(H,36,40)/t18-,19+,22+,23+,24-,26+/m0/s1. The number of aldehydes is 1. The van der Waals surface area contributed by atoms with Gasteiger partial charge in [-0.2, -0.15) is 8.78 Å². The van der Waals surface area contributed by atoms with Crippen molar-refractivity contribution in [1.82, 2.24) is 20.2 Å². The Morgan fingerprint density at radius 3 is 2.38 bits per heavy atom. The third-order valence-corrected chi connectivity index (χ3v) is 8.97. The number of alkyl halides is 2. The Morgan fingerprint density at radius 1 is 1.00 bits per heavy atom. The number of nitrogens with one attached hydrogen (secondary N) is 1. The molecule has 5 rings (SSSR count). The molecule has 0 radical (unpaired) electrons. The quantitative estimate of drug-likeness (QED) is 0.446. The molecular formula is C31H40F2N4O5. The summed E-state index contributed by atoms with van der Waals surface area (Å²) in [6.07, 6.45) is 2.24. The first-order valence-corrected chi connectivity index (χ1v) is 14.9. The monoisotopic (exact) mass is 586 g/mol. The number of para-hydroxylation sites is 2. The topological polar surface area (TPSA) is 111 Å². The molecular weight excluding hydrogens is 546 g/mol. The highest BCUT2D eigenvalue weighted by molar-refractivity contribution is 5.89. The van der Waals surface area contributed by atoms with Crippen LogP contribution >= 0.6 is 0 Å². The van der Waals surface area contributed by atoms with Crippen LogP contribution in [0.5, 0.6) is 5.88 Å². The fourth-order valence-electron chi connectivity index (χ4n) is 6.48. The van der Waals surface area contributed by atoms with Crippen molar-refractivity contribution in [2.24, 2.45) is 17.3 Å². The molecule has 1 saturated carbocycles. The molecule has 2 aromatic rings. The van der Waals surface area contributed by atoms with E-state index in [4.69, 9.17) is 9.47 Å². The minimum Gasteiger partial charge on any atom is -0.471 e. The second-order valence-electron chi connectivity index (χ2n) is 13.0. The second kappa shape index (κ2) is 11.7. The lowest BCUT2D eigenvalue weighted by molar-refractivity contribution is -0.139. The van der Waals surface area contributed by atoms with Crippen molar-refractivity contribution in [3.63, 3.8) is 0 Å². The van der Waals surface area contributed by atoms with Crippen molar-refractivity contribution < 1.29 is 32.6 Å². The summed E-state index contributed by atoms with van der Waals surface area (Å²) in [4.78, 5) is 49.4. The van der Waals surface area contributed by atoms with Crippen LogP contribution < -0.4 is 10.1 Å². The van der Waals surface area contributed by atoms with E-state index in [0.717, 1.165) is 12.8 Å². The Morgan fingerprint density at radius 2 is 1.69 bits per heavy atom. The Hall–Kier alpha value is -3.37. The number of carbonyl (C=O) groups is 3. The number of hydrogen-bond donors (Lipinski definition) is 1. The lowest BCUT2D eigenvalue weighted by Gasteiger charge is -2.35. The maximum Gasteiger partial charge on any atom is 0.408 e. The zero-order chi connectivity index (χ0) is 30.2. The third kappa shape index (κ3) is 6.06. The molecule has 0 unspecified atom stereocenters.